The molecule has 4 saturated carbocycles. The minimum Gasteiger partial charge on any atom is -0.672 e. The smallest absolute Gasteiger partial charge is 0.672 e. The van der Waals surface area contributed by atoms with Gasteiger partial charge in [-0.25, -0.2) is 0 Å². The van der Waals surface area contributed by atoms with Crippen molar-refractivity contribution in [2.24, 2.45) is 17.8 Å². The Balaban J connectivity index is 0.000000214. The van der Waals surface area contributed by atoms with Gasteiger partial charge in [0.2, 0.25) is 0 Å². The minimum absolute atomic E-state index is 0. The van der Waals surface area contributed by atoms with Gasteiger partial charge in [-0.05, 0) is 61.1 Å². The Labute approximate surface area is 208 Å². The molecule has 0 unspecified atom stereocenters. The first-order valence-electron chi connectivity index (χ1n) is 10.6. The van der Waals surface area contributed by atoms with E-state index in [1.165, 1.54) is 60.8 Å². The first-order valence-corrected chi connectivity index (χ1v) is 10.6. The fourth-order valence-corrected chi connectivity index (χ4v) is 6.40. The van der Waals surface area contributed by atoms with E-state index in [2.05, 4.69) is 24.3 Å². The van der Waals surface area contributed by atoms with Crippen LogP contribution in [-0.2, 0) is 32.6 Å². The number of rotatable bonds is 2. The van der Waals surface area contributed by atoms with Crippen molar-refractivity contribution in [1.29, 1.82) is 0 Å². The van der Waals surface area contributed by atoms with Gasteiger partial charge in [0.15, 0.2) is 0 Å². The number of hydrogen-bond acceptors (Lipinski definition) is 2. The van der Waals surface area contributed by atoms with Crippen molar-refractivity contribution >= 4 is 0 Å². The Kier molecular flexibility index (Phi) is 8.61. The third-order valence-corrected chi connectivity index (χ3v) is 7.25. The molecule has 164 valence electrons. The molecule has 3 nitrogen and oxygen atoms in total. The summed E-state index contributed by atoms with van der Waals surface area (Å²) in [7, 11) is 3.37. The van der Waals surface area contributed by atoms with E-state index in [0.717, 1.165) is 35.7 Å². The molecular formula is C27H35NO2Zr. The molecule has 4 fully saturated rings. The van der Waals surface area contributed by atoms with Crippen molar-refractivity contribution in [2.45, 2.75) is 50.5 Å². The maximum Gasteiger partial charge on any atom is 4.00 e. The molecule has 0 saturated heterocycles. The number of hydrogen-bond donors (Lipinski definition) is 0. The van der Waals surface area contributed by atoms with Gasteiger partial charge in [-0.1, -0.05) is 30.9 Å². The van der Waals surface area contributed by atoms with Crippen LogP contribution in [0.3, 0.4) is 0 Å². The van der Waals surface area contributed by atoms with Gasteiger partial charge in [-0.15, -0.1) is 28.8 Å². The Morgan fingerprint density at radius 2 is 1.42 bits per heavy atom. The van der Waals surface area contributed by atoms with E-state index < -0.39 is 0 Å². The summed E-state index contributed by atoms with van der Waals surface area (Å²) in [4.78, 5) is 0. The maximum absolute atomic E-state index is 8.21. The second-order valence-corrected chi connectivity index (χ2v) is 9.33. The van der Waals surface area contributed by atoms with E-state index in [-0.39, 0.29) is 46.6 Å². The maximum atomic E-state index is 8.21. The summed E-state index contributed by atoms with van der Waals surface area (Å²) in [5.41, 5.74) is 13.3. The van der Waals surface area contributed by atoms with Crippen LogP contribution in [0.2, 0.25) is 0 Å². The number of fused-ring (bicyclic) bond motifs is 3. The number of ether oxygens (including phenoxy) is 2. The van der Waals surface area contributed by atoms with Gasteiger partial charge in [0.05, 0.1) is 14.2 Å². The third kappa shape index (κ3) is 5.11. The van der Waals surface area contributed by atoms with Crippen LogP contribution in [0.5, 0.6) is 11.5 Å². The van der Waals surface area contributed by atoms with Crippen LogP contribution in [0.4, 0.5) is 0 Å². The second kappa shape index (κ2) is 10.2. The Bertz CT molecular complexity index is 808. The van der Waals surface area contributed by atoms with Crippen LogP contribution in [0.15, 0.2) is 30.3 Å². The molecule has 4 heteroatoms. The standard InChI is InChI=1S/C15H13O2.C10H16N.2CH3.Zr/c1-16-12-5-3-10-7-11-4-6-13(17-2)9-15(11)14(10)8-12;11-10-4-7-1-8(5-10)3-9(2-7)6-10;;;/h3,5-6,8-9H,7H2,1-2H3;7-9,11H,1-6H2;2*1H3;/q4*-1;+4. The van der Waals surface area contributed by atoms with Gasteiger partial charge in [-0.2, -0.15) is 6.07 Å². The van der Waals surface area contributed by atoms with E-state index >= 15 is 0 Å². The zero-order valence-electron chi connectivity index (χ0n) is 19.4. The van der Waals surface area contributed by atoms with Crippen molar-refractivity contribution in [2.75, 3.05) is 14.2 Å². The Hall–Kier alpha value is -1.12. The predicted molar refractivity (Wildman–Crippen MR) is 125 cm³/mol. The average Bonchev–Trinajstić information content (AvgIpc) is 3.03. The minimum atomic E-state index is 0. The molecule has 31 heavy (non-hydrogen) atoms. The molecule has 7 rings (SSSR count). The van der Waals surface area contributed by atoms with E-state index in [0.29, 0.717) is 0 Å². The monoisotopic (exact) mass is 495 g/mol. The Morgan fingerprint density at radius 1 is 0.871 bits per heavy atom. The molecule has 0 aromatic heterocycles. The molecule has 0 heterocycles. The summed E-state index contributed by atoms with van der Waals surface area (Å²) in [6.07, 6.45) is 9.06. The molecule has 0 spiro atoms. The molecule has 0 aliphatic heterocycles. The van der Waals surface area contributed by atoms with Crippen LogP contribution in [0, 0.1) is 38.7 Å². The molecule has 4 bridgehead atoms. The Morgan fingerprint density at radius 3 is 1.94 bits per heavy atom. The van der Waals surface area contributed by atoms with Gasteiger partial charge in [0.1, 0.15) is 5.75 Å². The van der Waals surface area contributed by atoms with E-state index in [4.69, 9.17) is 15.2 Å². The van der Waals surface area contributed by atoms with Crippen molar-refractivity contribution in [3.8, 4) is 22.6 Å². The zero-order valence-corrected chi connectivity index (χ0v) is 21.8. The van der Waals surface area contributed by atoms with Crippen LogP contribution in [-0.4, -0.2) is 19.8 Å². The summed E-state index contributed by atoms with van der Waals surface area (Å²) in [6.45, 7) is 0. The van der Waals surface area contributed by atoms with Gasteiger partial charge >= 0.3 is 26.2 Å². The largest absolute Gasteiger partial charge is 4.00 e. The fraction of sp³-hybridized carbons (Fsp3) is 0.481. The fourth-order valence-electron chi connectivity index (χ4n) is 6.40. The van der Waals surface area contributed by atoms with Gasteiger partial charge in [0.25, 0.3) is 0 Å². The number of methoxy groups -OCH3 is 2. The molecule has 5 aliphatic rings. The van der Waals surface area contributed by atoms with E-state index in [1.807, 2.05) is 12.1 Å². The van der Waals surface area contributed by atoms with Crippen molar-refractivity contribution < 1.29 is 35.7 Å². The second-order valence-electron chi connectivity index (χ2n) is 9.33. The van der Waals surface area contributed by atoms with Gasteiger partial charge in [0, 0.05) is 5.75 Å². The third-order valence-electron chi connectivity index (χ3n) is 7.25. The topological polar surface area (TPSA) is 42.3 Å². The molecule has 0 atom stereocenters. The van der Waals surface area contributed by atoms with Crippen molar-refractivity contribution in [3.05, 3.63) is 68.1 Å². The molecular weight excluding hydrogens is 462 g/mol. The summed E-state index contributed by atoms with van der Waals surface area (Å²) in [5, 5.41) is 0. The van der Waals surface area contributed by atoms with Crippen LogP contribution in [0.1, 0.15) is 49.7 Å². The van der Waals surface area contributed by atoms with Gasteiger partial charge < -0.3 is 30.1 Å². The van der Waals surface area contributed by atoms with Crippen LogP contribution in [0.25, 0.3) is 16.9 Å². The molecule has 1 N–H and O–H groups in total. The predicted octanol–water partition coefficient (Wildman–Crippen LogP) is 6.98. The first kappa shape index (κ1) is 26.1. The van der Waals surface area contributed by atoms with Crippen molar-refractivity contribution in [3.63, 3.8) is 0 Å². The summed E-state index contributed by atoms with van der Waals surface area (Å²) >= 11 is 0. The van der Waals surface area contributed by atoms with Gasteiger partial charge in [-0.3, -0.25) is 0 Å². The molecule has 2 aromatic carbocycles. The average molecular weight is 497 g/mol. The summed E-state index contributed by atoms with van der Waals surface area (Å²) in [6, 6.07) is 13.4. The molecule has 0 radical (unpaired) electrons. The summed E-state index contributed by atoms with van der Waals surface area (Å²) < 4.78 is 10.5. The van der Waals surface area contributed by atoms with Crippen molar-refractivity contribution in [1.82, 2.24) is 0 Å². The number of benzene rings is 2. The van der Waals surface area contributed by atoms with Crippen LogP contribution < -0.4 is 9.47 Å². The molecule has 2 aromatic rings. The number of nitrogens with one attached hydrogen (secondary N) is 1. The normalized spacial score (nSPS) is 27.9. The summed E-state index contributed by atoms with van der Waals surface area (Å²) in [5.74, 6) is 4.61. The quantitative estimate of drug-likeness (QED) is 0.359. The first-order chi connectivity index (χ1) is 13.5. The van der Waals surface area contributed by atoms with E-state index in [1.54, 1.807) is 14.2 Å². The SMILES string of the molecule is COc1c[c-]c2c(c1)-c1cc(OC)ccc1C2.[CH3-].[CH3-].[NH-]C12CC3CC(CC(C3)C1)C2.[Zr+4]. The molecule has 0 amide bonds. The van der Waals surface area contributed by atoms with E-state index in [9.17, 15) is 0 Å². The zero-order chi connectivity index (χ0) is 19.3. The van der Waals surface area contributed by atoms with Crippen LogP contribution >= 0.6 is 0 Å². The molecule has 5 aliphatic carbocycles.